The quantitative estimate of drug-likeness (QED) is 0.623. The van der Waals surface area contributed by atoms with Gasteiger partial charge < -0.3 is 9.73 Å². The number of aromatic nitrogens is 6. The first-order valence-corrected chi connectivity index (χ1v) is 7.56. The molecule has 0 saturated heterocycles. The average molecular weight is 311 g/mol. The van der Waals surface area contributed by atoms with Crippen LogP contribution in [-0.4, -0.2) is 35.4 Å². The van der Waals surface area contributed by atoms with E-state index in [1.807, 2.05) is 25.4 Å². The fraction of sp³-hybridized carbons (Fsp3) is 0.333. The lowest BCUT2D eigenvalue weighted by molar-refractivity contribution is 0.577. The van der Waals surface area contributed by atoms with Crippen LogP contribution in [0.2, 0.25) is 0 Å². The van der Waals surface area contributed by atoms with E-state index in [4.69, 9.17) is 4.42 Å². The second kappa shape index (κ2) is 5.08. The summed E-state index contributed by atoms with van der Waals surface area (Å²) in [6.07, 6.45) is 4.48. The van der Waals surface area contributed by atoms with Gasteiger partial charge in [0.25, 0.3) is 0 Å². The lowest BCUT2D eigenvalue weighted by atomic mass is 10.3. The van der Waals surface area contributed by atoms with Crippen molar-refractivity contribution in [2.75, 3.05) is 5.32 Å². The van der Waals surface area contributed by atoms with E-state index >= 15 is 0 Å². The minimum atomic E-state index is 0.267. The Morgan fingerprint density at radius 3 is 2.91 bits per heavy atom. The number of rotatable bonds is 4. The molecule has 4 heterocycles. The van der Waals surface area contributed by atoms with Crippen LogP contribution in [0.15, 0.2) is 29.0 Å². The molecule has 0 aliphatic carbocycles. The van der Waals surface area contributed by atoms with Gasteiger partial charge in [0.15, 0.2) is 17.1 Å². The van der Waals surface area contributed by atoms with Gasteiger partial charge in [0.1, 0.15) is 0 Å². The number of nitrogens with zero attached hydrogens (tertiary/aromatic N) is 6. The maximum Gasteiger partial charge on any atom is 0.228 e. The molecule has 1 N–H and O–H groups in total. The van der Waals surface area contributed by atoms with Crippen molar-refractivity contribution in [1.29, 1.82) is 0 Å². The van der Waals surface area contributed by atoms with Crippen LogP contribution >= 0.6 is 0 Å². The molecule has 0 bridgehead atoms. The summed E-state index contributed by atoms with van der Waals surface area (Å²) in [5.41, 5.74) is 1.35. The standard InChI is InChI=1S/C15H17N7O/c1-4-9(2)16-15-18-12-10(8-21(3)19-12)14-17-13(20-22(14)15)11-6-5-7-23-11/h5-9H,4H2,1-3H3,(H,16,18,19)/t9-/m0/s1. The molecule has 1 atom stereocenters. The molecule has 118 valence electrons. The summed E-state index contributed by atoms with van der Waals surface area (Å²) in [6.45, 7) is 4.21. The van der Waals surface area contributed by atoms with Crippen LogP contribution in [0.25, 0.3) is 28.3 Å². The Kier molecular flexibility index (Phi) is 3.03. The summed E-state index contributed by atoms with van der Waals surface area (Å²) in [7, 11) is 1.86. The monoisotopic (exact) mass is 311 g/mol. The molecule has 4 aromatic heterocycles. The zero-order valence-corrected chi connectivity index (χ0v) is 13.2. The molecule has 0 fully saturated rings. The molecule has 23 heavy (non-hydrogen) atoms. The van der Waals surface area contributed by atoms with E-state index in [0.717, 1.165) is 11.8 Å². The molecular weight excluding hydrogens is 294 g/mol. The second-order valence-electron chi connectivity index (χ2n) is 5.58. The number of hydrogen-bond donors (Lipinski definition) is 1. The number of furan rings is 1. The lowest BCUT2D eigenvalue weighted by Crippen LogP contribution is -2.17. The maximum atomic E-state index is 5.41. The topological polar surface area (TPSA) is 86.1 Å². The van der Waals surface area contributed by atoms with Gasteiger partial charge in [-0.05, 0) is 25.5 Å². The highest BCUT2D eigenvalue weighted by Crippen LogP contribution is 2.24. The predicted octanol–water partition coefficient (Wildman–Crippen LogP) is 2.48. The van der Waals surface area contributed by atoms with Crippen LogP contribution in [0.5, 0.6) is 0 Å². The molecule has 0 saturated carbocycles. The van der Waals surface area contributed by atoms with Crippen molar-refractivity contribution >= 4 is 22.6 Å². The smallest absolute Gasteiger partial charge is 0.228 e. The molecular formula is C15H17N7O. The van der Waals surface area contributed by atoms with Gasteiger partial charge >= 0.3 is 0 Å². The van der Waals surface area contributed by atoms with Crippen LogP contribution in [0.3, 0.4) is 0 Å². The molecule has 4 aromatic rings. The zero-order chi connectivity index (χ0) is 16.0. The Morgan fingerprint density at radius 1 is 1.30 bits per heavy atom. The minimum Gasteiger partial charge on any atom is -0.461 e. The first-order valence-electron chi connectivity index (χ1n) is 7.56. The van der Waals surface area contributed by atoms with E-state index < -0.39 is 0 Å². The lowest BCUT2D eigenvalue weighted by Gasteiger charge is -2.12. The van der Waals surface area contributed by atoms with Gasteiger partial charge in [-0.15, -0.1) is 5.10 Å². The predicted molar refractivity (Wildman–Crippen MR) is 86.1 cm³/mol. The summed E-state index contributed by atoms with van der Waals surface area (Å²) in [5.74, 6) is 1.78. The summed E-state index contributed by atoms with van der Waals surface area (Å²) in [5, 5.41) is 13.2. The molecule has 0 aromatic carbocycles. The van der Waals surface area contributed by atoms with Crippen molar-refractivity contribution < 1.29 is 4.42 Å². The molecule has 0 amide bonds. The molecule has 8 heteroatoms. The van der Waals surface area contributed by atoms with Gasteiger partial charge in [0, 0.05) is 19.3 Å². The van der Waals surface area contributed by atoms with Gasteiger partial charge in [-0.25, -0.2) is 4.98 Å². The molecule has 0 radical (unpaired) electrons. The number of hydrogen-bond acceptors (Lipinski definition) is 6. The number of nitrogens with one attached hydrogen (secondary N) is 1. The highest BCUT2D eigenvalue weighted by atomic mass is 16.3. The Balaban J connectivity index is 1.98. The summed E-state index contributed by atoms with van der Waals surface area (Å²) >= 11 is 0. The van der Waals surface area contributed by atoms with E-state index in [1.165, 1.54) is 0 Å². The summed E-state index contributed by atoms with van der Waals surface area (Å²) in [6, 6.07) is 3.92. The van der Waals surface area contributed by atoms with Crippen molar-refractivity contribution in [3.05, 3.63) is 24.6 Å². The third-order valence-corrected chi connectivity index (χ3v) is 3.80. The molecule has 8 nitrogen and oxygen atoms in total. The van der Waals surface area contributed by atoms with Gasteiger partial charge in [-0.3, -0.25) is 4.68 Å². The average Bonchev–Trinajstić information content (AvgIpc) is 3.24. The van der Waals surface area contributed by atoms with E-state index in [0.29, 0.717) is 28.8 Å². The molecule has 0 unspecified atom stereocenters. The van der Waals surface area contributed by atoms with Gasteiger partial charge in [-0.2, -0.15) is 14.6 Å². The first kappa shape index (κ1) is 13.7. The summed E-state index contributed by atoms with van der Waals surface area (Å²) < 4.78 is 8.85. The highest BCUT2D eigenvalue weighted by molar-refractivity contribution is 5.90. The van der Waals surface area contributed by atoms with Gasteiger partial charge in [-0.1, -0.05) is 6.92 Å². The van der Waals surface area contributed by atoms with E-state index in [9.17, 15) is 0 Å². The van der Waals surface area contributed by atoms with Crippen LogP contribution in [0, 0.1) is 0 Å². The highest BCUT2D eigenvalue weighted by Gasteiger charge is 2.18. The van der Waals surface area contributed by atoms with Crippen LogP contribution in [0.4, 0.5) is 5.95 Å². The first-order chi connectivity index (χ1) is 11.2. The van der Waals surface area contributed by atoms with Crippen molar-refractivity contribution in [3.63, 3.8) is 0 Å². The Hall–Kier alpha value is -2.90. The van der Waals surface area contributed by atoms with Crippen molar-refractivity contribution in [2.45, 2.75) is 26.3 Å². The number of anilines is 1. The molecule has 0 aliphatic heterocycles. The van der Waals surface area contributed by atoms with Crippen molar-refractivity contribution in [2.24, 2.45) is 7.05 Å². The van der Waals surface area contributed by atoms with E-state index in [2.05, 4.69) is 39.3 Å². The third-order valence-electron chi connectivity index (χ3n) is 3.80. The Morgan fingerprint density at radius 2 is 2.17 bits per heavy atom. The Labute approximate surface area is 132 Å². The van der Waals surface area contributed by atoms with Crippen LogP contribution in [0.1, 0.15) is 20.3 Å². The fourth-order valence-electron chi connectivity index (χ4n) is 2.42. The molecule has 0 aliphatic rings. The van der Waals surface area contributed by atoms with Crippen molar-refractivity contribution in [3.8, 4) is 11.6 Å². The van der Waals surface area contributed by atoms with Gasteiger partial charge in [0.05, 0.1) is 11.6 Å². The van der Waals surface area contributed by atoms with Crippen molar-refractivity contribution in [1.82, 2.24) is 29.4 Å². The van der Waals surface area contributed by atoms with Crippen LogP contribution in [-0.2, 0) is 7.05 Å². The van der Waals surface area contributed by atoms with Gasteiger partial charge in [0.2, 0.25) is 11.8 Å². The third kappa shape index (κ3) is 2.23. The maximum absolute atomic E-state index is 5.41. The van der Waals surface area contributed by atoms with Crippen LogP contribution < -0.4 is 5.32 Å². The molecule has 0 spiro atoms. The normalized spacial score (nSPS) is 13.0. The SMILES string of the molecule is CC[C@H](C)Nc1nc2nn(C)cc2c2nc(-c3ccco3)nn12. The Bertz CT molecular complexity index is 967. The van der Waals surface area contributed by atoms with E-state index in [-0.39, 0.29) is 6.04 Å². The largest absolute Gasteiger partial charge is 0.461 e. The fourth-order valence-corrected chi connectivity index (χ4v) is 2.42. The van der Waals surface area contributed by atoms with E-state index in [1.54, 1.807) is 15.5 Å². The zero-order valence-electron chi connectivity index (χ0n) is 13.2. The molecule has 4 rings (SSSR count). The number of aryl methyl sites for hydroxylation is 1. The second-order valence-corrected chi connectivity index (χ2v) is 5.58. The summed E-state index contributed by atoms with van der Waals surface area (Å²) in [4.78, 5) is 9.21. The minimum absolute atomic E-state index is 0.267. The number of fused-ring (bicyclic) bond motifs is 3.